The Morgan fingerprint density at radius 1 is 1.24 bits per heavy atom. The van der Waals surface area contributed by atoms with E-state index >= 15 is 0 Å². The SMILES string of the molecule is COc1ccc(C)c(NC(=O)NCc2ccccc2-n2ccnc2)c1. The molecule has 0 bridgehead atoms. The fourth-order valence-electron chi connectivity index (χ4n) is 2.52. The lowest BCUT2D eigenvalue weighted by molar-refractivity contribution is 0.251. The maximum atomic E-state index is 12.3. The molecule has 0 fully saturated rings. The first-order valence-corrected chi connectivity index (χ1v) is 7.93. The van der Waals surface area contributed by atoms with Crippen LogP contribution in [0.3, 0.4) is 0 Å². The highest BCUT2D eigenvalue weighted by Crippen LogP contribution is 2.21. The van der Waals surface area contributed by atoms with E-state index in [4.69, 9.17) is 4.74 Å². The topological polar surface area (TPSA) is 68.2 Å². The van der Waals surface area contributed by atoms with Gasteiger partial charge in [-0.05, 0) is 30.2 Å². The summed E-state index contributed by atoms with van der Waals surface area (Å²) in [4.78, 5) is 16.3. The molecule has 1 aromatic heterocycles. The highest BCUT2D eigenvalue weighted by Gasteiger charge is 2.08. The van der Waals surface area contributed by atoms with Crippen LogP contribution < -0.4 is 15.4 Å². The number of methoxy groups -OCH3 is 1. The van der Waals surface area contributed by atoms with Crippen molar-refractivity contribution in [3.63, 3.8) is 0 Å². The number of rotatable bonds is 5. The van der Waals surface area contributed by atoms with Crippen molar-refractivity contribution in [2.75, 3.05) is 12.4 Å². The van der Waals surface area contributed by atoms with Gasteiger partial charge < -0.3 is 19.9 Å². The minimum Gasteiger partial charge on any atom is -0.497 e. The van der Waals surface area contributed by atoms with Crippen molar-refractivity contribution in [2.45, 2.75) is 13.5 Å². The molecule has 0 saturated carbocycles. The third-order valence-corrected chi connectivity index (χ3v) is 3.91. The number of amides is 2. The third kappa shape index (κ3) is 3.98. The molecule has 3 aromatic rings. The minimum absolute atomic E-state index is 0.267. The van der Waals surface area contributed by atoms with Crippen LogP contribution in [0, 0.1) is 6.92 Å². The van der Waals surface area contributed by atoms with E-state index in [9.17, 15) is 4.79 Å². The van der Waals surface area contributed by atoms with Crippen LogP contribution in [0.2, 0.25) is 0 Å². The lowest BCUT2D eigenvalue weighted by Crippen LogP contribution is -2.28. The van der Waals surface area contributed by atoms with Crippen LogP contribution in [0.5, 0.6) is 5.75 Å². The van der Waals surface area contributed by atoms with Crippen molar-refractivity contribution < 1.29 is 9.53 Å². The number of ether oxygens (including phenoxy) is 1. The predicted octanol–water partition coefficient (Wildman–Crippen LogP) is 3.51. The van der Waals surface area contributed by atoms with E-state index in [2.05, 4.69) is 15.6 Å². The summed E-state index contributed by atoms with van der Waals surface area (Å²) >= 11 is 0. The average Bonchev–Trinajstić information content (AvgIpc) is 3.16. The van der Waals surface area contributed by atoms with Crippen molar-refractivity contribution in [1.82, 2.24) is 14.9 Å². The van der Waals surface area contributed by atoms with Gasteiger partial charge in [0.05, 0.1) is 19.1 Å². The molecular weight excluding hydrogens is 316 g/mol. The van der Waals surface area contributed by atoms with Crippen molar-refractivity contribution in [3.05, 3.63) is 72.3 Å². The predicted molar refractivity (Wildman–Crippen MR) is 97.2 cm³/mol. The second kappa shape index (κ2) is 7.53. The molecule has 6 heteroatoms. The van der Waals surface area contributed by atoms with Gasteiger partial charge in [-0.2, -0.15) is 0 Å². The second-order valence-corrected chi connectivity index (χ2v) is 5.59. The van der Waals surface area contributed by atoms with Gasteiger partial charge in [-0.25, -0.2) is 9.78 Å². The molecule has 25 heavy (non-hydrogen) atoms. The van der Waals surface area contributed by atoms with E-state index in [-0.39, 0.29) is 6.03 Å². The Hall–Kier alpha value is -3.28. The van der Waals surface area contributed by atoms with Gasteiger partial charge in [-0.1, -0.05) is 24.3 Å². The zero-order valence-corrected chi connectivity index (χ0v) is 14.2. The van der Waals surface area contributed by atoms with E-state index in [1.807, 2.05) is 54.1 Å². The Morgan fingerprint density at radius 3 is 2.84 bits per heavy atom. The van der Waals surface area contributed by atoms with Crippen molar-refractivity contribution in [1.29, 1.82) is 0 Å². The number of imidazole rings is 1. The Kier molecular flexibility index (Phi) is 4.99. The lowest BCUT2D eigenvalue weighted by Gasteiger charge is -2.13. The van der Waals surface area contributed by atoms with Crippen LogP contribution in [0.25, 0.3) is 5.69 Å². The molecule has 0 spiro atoms. The van der Waals surface area contributed by atoms with Crippen LogP contribution in [-0.2, 0) is 6.54 Å². The summed E-state index contributed by atoms with van der Waals surface area (Å²) < 4.78 is 7.12. The quantitative estimate of drug-likeness (QED) is 0.749. The van der Waals surface area contributed by atoms with Crippen LogP contribution in [-0.4, -0.2) is 22.7 Å². The zero-order valence-electron chi connectivity index (χ0n) is 14.2. The molecule has 0 aliphatic rings. The van der Waals surface area contributed by atoms with Crippen LogP contribution in [0.15, 0.2) is 61.2 Å². The molecule has 0 atom stereocenters. The Bertz CT molecular complexity index is 860. The highest BCUT2D eigenvalue weighted by atomic mass is 16.5. The standard InChI is InChI=1S/C19H20N4O2/c1-14-7-8-16(25-2)11-17(14)22-19(24)21-12-15-5-3-4-6-18(15)23-10-9-20-13-23/h3-11,13H,12H2,1-2H3,(H2,21,22,24). The number of nitrogens with one attached hydrogen (secondary N) is 2. The van der Waals surface area contributed by atoms with Crippen LogP contribution in [0.1, 0.15) is 11.1 Å². The van der Waals surface area contributed by atoms with Gasteiger partial charge >= 0.3 is 6.03 Å². The maximum Gasteiger partial charge on any atom is 0.319 e. The summed E-state index contributed by atoms with van der Waals surface area (Å²) in [5.74, 6) is 0.700. The molecule has 0 radical (unpaired) electrons. The van der Waals surface area contributed by atoms with E-state index < -0.39 is 0 Å². The number of nitrogens with zero attached hydrogens (tertiary/aromatic N) is 2. The van der Waals surface area contributed by atoms with Gasteiger partial charge in [0.1, 0.15) is 5.75 Å². The Balaban J connectivity index is 1.68. The number of carbonyl (C=O) groups excluding carboxylic acids is 1. The molecule has 128 valence electrons. The molecule has 0 aliphatic carbocycles. The molecule has 2 aromatic carbocycles. The summed E-state index contributed by atoms with van der Waals surface area (Å²) in [5.41, 5.74) is 3.67. The van der Waals surface area contributed by atoms with Gasteiger partial charge in [-0.15, -0.1) is 0 Å². The van der Waals surface area contributed by atoms with E-state index in [0.29, 0.717) is 12.3 Å². The Labute approximate surface area is 146 Å². The summed E-state index contributed by atoms with van der Waals surface area (Å²) in [6, 6.07) is 13.2. The molecule has 0 saturated heterocycles. The van der Waals surface area contributed by atoms with Gasteiger partial charge in [-0.3, -0.25) is 0 Å². The third-order valence-electron chi connectivity index (χ3n) is 3.91. The largest absolute Gasteiger partial charge is 0.497 e. The van der Waals surface area contributed by atoms with Gasteiger partial charge in [0.15, 0.2) is 0 Å². The number of para-hydroxylation sites is 1. The van der Waals surface area contributed by atoms with E-state index in [1.165, 1.54) is 0 Å². The van der Waals surface area contributed by atoms with Gasteiger partial charge in [0.25, 0.3) is 0 Å². The number of carbonyl (C=O) groups is 1. The number of hydrogen-bond donors (Lipinski definition) is 2. The summed E-state index contributed by atoms with van der Waals surface area (Å²) in [6.07, 6.45) is 5.33. The number of aromatic nitrogens is 2. The first-order valence-electron chi connectivity index (χ1n) is 7.93. The summed E-state index contributed by atoms with van der Waals surface area (Å²) in [7, 11) is 1.60. The number of benzene rings is 2. The van der Waals surface area contributed by atoms with Crippen LogP contribution in [0.4, 0.5) is 10.5 Å². The minimum atomic E-state index is -0.267. The maximum absolute atomic E-state index is 12.3. The first-order chi connectivity index (χ1) is 12.2. The number of aryl methyl sites for hydroxylation is 1. The van der Waals surface area contributed by atoms with Crippen molar-refractivity contribution in [2.24, 2.45) is 0 Å². The second-order valence-electron chi connectivity index (χ2n) is 5.59. The van der Waals surface area contributed by atoms with E-state index in [0.717, 1.165) is 22.5 Å². The molecule has 1 heterocycles. The lowest BCUT2D eigenvalue weighted by atomic mass is 10.1. The average molecular weight is 336 g/mol. The summed E-state index contributed by atoms with van der Waals surface area (Å²) in [5, 5.41) is 5.75. The van der Waals surface area contributed by atoms with Gasteiger partial charge in [0.2, 0.25) is 0 Å². The van der Waals surface area contributed by atoms with Crippen LogP contribution >= 0.6 is 0 Å². The fraction of sp³-hybridized carbons (Fsp3) is 0.158. The monoisotopic (exact) mass is 336 g/mol. The first kappa shape index (κ1) is 16.6. The smallest absolute Gasteiger partial charge is 0.319 e. The molecular formula is C19H20N4O2. The normalized spacial score (nSPS) is 10.3. The molecule has 2 N–H and O–H groups in total. The number of anilines is 1. The summed E-state index contributed by atoms with van der Waals surface area (Å²) in [6.45, 7) is 2.34. The van der Waals surface area contributed by atoms with Gasteiger partial charge in [0, 0.05) is 30.7 Å². The van der Waals surface area contributed by atoms with Crippen molar-refractivity contribution >= 4 is 11.7 Å². The molecule has 0 unspecified atom stereocenters. The number of hydrogen-bond acceptors (Lipinski definition) is 3. The molecule has 6 nitrogen and oxygen atoms in total. The highest BCUT2D eigenvalue weighted by molar-refractivity contribution is 5.90. The zero-order chi connectivity index (χ0) is 17.6. The van der Waals surface area contributed by atoms with Crippen molar-refractivity contribution in [3.8, 4) is 11.4 Å². The number of urea groups is 1. The molecule has 3 rings (SSSR count). The molecule has 2 amide bonds. The molecule has 0 aliphatic heterocycles. The fourth-order valence-corrected chi connectivity index (χ4v) is 2.52. The van der Waals surface area contributed by atoms with E-state index in [1.54, 1.807) is 25.7 Å². The Morgan fingerprint density at radius 2 is 2.08 bits per heavy atom.